The molecule has 0 aliphatic rings. The molecule has 0 radical (unpaired) electrons. The van der Waals surface area contributed by atoms with Crippen molar-refractivity contribution in [1.82, 2.24) is 5.32 Å². The van der Waals surface area contributed by atoms with Crippen LogP contribution in [-0.4, -0.2) is 17.1 Å². The monoisotopic (exact) mass is 283 g/mol. The molecule has 2 rings (SSSR count). The molecule has 0 spiro atoms. The Hall–Kier alpha value is -2.13. The lowest BCUT2D eigenvalue weighted by molar-refractivity contribution is -0.144. The number of benzene rings is 2. The second-order valence-corrected chi connectivity index (χ2v) is 5.67. The fourth-order valence-electron chi connectivity index (χ4n) is 2.47. The molecule has 2 aromatic rings. The van der Waals surface area contributed by atoms with Gasteiger partial charge < -0.3 is 5.11 Å². The van der Waals surface area contributed by atoms with E-state index in [4.69, 9.17) is 0 Å². The molecule has 3 heteroatoms. The second kappa shape index (κ2) is 6.10. The summed E-state index contributed by atoms with van der Waals surface area (Å²) in [5, 5.41) is 12.7. The number of carboxylic acids is 1. The number of carbonyl (C=O) groups is 1. The Kier molecular flexibility index (Phi) is 4.43. The van der Waals surface area contributed by atoms with Crippen LogP contribution in [0.25, 0.3) is 11.1 Å². The first-order valence-corrected chi connectivity index (χ1v) is 7.10. The van der Waals surface area contributed by atoms with Crippen LogP contribution in [-0.2, 0) is 10.3 Å². The topological polar surface area (TPSA) is 49.3 Å². The summed E-state index contributed by atoms with van der Waals surface area (Å²) >= 11 is 0. The Morgan fingerprint density at radius 3 is 2.00 bits per heavy atom. The molecule has 2 N–H and O–H groups in total. The molecule has 0 aliphatic carbocycles. The zero-order valence-corrected chi connectivity index (χ0v) is 12.6. The first-order valence-electron chi connectivity index (χ1n) is 7.10. The van der Waals surface area contributed by atoms with E-state index in [9.17, 15) is 9.90 Å². The van der Waals surface area contributed by atoms with Gasteiger partial charge in [0, 0.05) is 6.04 Å². The van der Waals surface area contributed by atoms with Gasteiger partial charge in [0.2, 0.25) is 0 Å². The van der Waals surface area contributed by atoms with Crippen LogP contribution >= 0.6 is 0 Å². The summed E-state index contributed by atoms with van der Waals surface area (Å²) in [5.74, 6) is -0.872. The van der Waals surface area contributed by atoms with Gasteiger partial charge in [0.25, 0.3) is 0 Å². The molecule has 0 aromatic heterocycles. The van der Waals surface area contributed by atoms with Crippen LogP contribution in [0.2, 0.25) is 0 Å². The predicted molar refractivity (Wildman–Crippen MR) is 85.1 cm³/mol. The van der Waals surface area contributed by atoms with Gasteiger partial charge >= 0.3 is 5.97 Å². The van der Waals surface area contributed by atoms with Gasteiger partial charge in [0.15, 0.2) is 0 Å². The molecular formula is C18H21NO2. The Morgan fingerprint density at radius 2 is 1.52 bits per heavy atom. The Balaban J connectivity index is 2.35. The molecule has 0 saturated carbocycles. The summed E-state index contributed by atoms with van der Waals surface area (Å²) in [5.41, 5.74) is 1.88. The Morgan fingerprint density at radius 1 is 1.00 bits per heavy atom. The highest BCUT2D eigenvalue weighted by atomic mass is 16.4. The van der Waals surface area contributed by atoms with Gasteiger partial charge in [-0.2, -0.15) is 0 Å². The van der Waals surface area contributed by atoms with Gasteiger partial charge in [-0.1, -0.05) is 54.6 Å². The molecule has 0 amide bonds. The van der Waals surface area contributed by atoms with Crippen molar-refractivity contribution in [3.8, 4) is 11.1 Å². The zero-order valence-electron chi connectivity index (χ0n) is 12.6. The summed E-state index contributed by atoms with van der Waals surface area (Å²) in [6.45, 7) is 5.59. The smallest absolute Gasteiger partial charge is 0.328 e. The van der Waals surface area contributed by atoms with Crippen LogP contribution in [0.5, 0.6) is 0 Å². The third-order valence-corrected chi connectivity index (χ3v) is 3.57. The second-order valence-electron chi connectivity index (χ2n) is 5.67. The zero-order chi connectivity index (χ0) is 15.5. The Bertz CT molecular complexity index is 605. The summed E-state index contributed by atoms with van der Waals surface area (Å²) in [6.07, 6.45) is 0. The summed E-state index contributed by atoms with van der Waals surface area (Å²) in [6, 6.07) is 17.8. The summed E-state index contributed by atoms with van der Waals surface area (Å²) in [4.78, 5) is 11.6. The van der Waals surface area contributed by atoms with Gasteiger partial charge in [-0.3, -0.25) is 5.32 Å². The lowest BCUT2D eigenvalue weighted by atomic mass is 9.90. The fraction of sp³-hybridized carbons (Fsp3) is 0.278. The molecule has 0 fully saturated rings. The van der Waals surface area contributed by atoms with Gasteiger partial charge in [0.05, 0.1) is 0 Å². The van der Waals surface area contributed by atoms with Crippen LogP contribution in [0.1, 0.15) is 26.3 Å². The number of hydrogen-bond donors (Lipinski definition) is 2. The van der Waals surface area contributed by atoms with E-state index in [2.05, 4.69) is 5.32 Å². The molecule has 21 heavy (non-hydrogen) atoms. The van der Waals surface area contributed by atoms with E-state index in [-0.39, 0.29) is 6.04 Å². The fourth-order valence-corrected chi connectivity index (χ4v) is 2.47. The van der Waals surface area contributed by atoms with Crippen molar-refractivity contribution in [2.24, 2.45) is 0 Å². The third kappa shape index (κ3) is 3.31. The molecule has 0 aliphatic heterocycles. The van der Waals surface area contributed by atoms with E-state index in [1.807, 2.05) is 68.4 Å². The first kappa shape index (κ1) is 15.3. The van der Waals surface area contributed by atoms with E-state index >= 15 is 0 Å². The van der Waals surface area contributed by atoms with Crippen LogP contribution in [0, 0.1) is 0 Å². The number of carboxylic acid groups (broad SMARTS) is 1. The minimum atomic E-state index is -1.08. The highest BCUT2D eigenvalue weighted by Crippen LogP contribution is 2.26. The summed E-state index contributed by atoms with van der Waals surface area (Å²) in [7, 11) is 0. The molecule has 1 unspecified atom stereocenters. The van der Waals surface area contributed by atoms with E-state index in [1.165, 1.54) is 0 Å². The van der Waals surface area contributed by atoms with E-state index in [1.54, 1.807) is 6.92 Å². The molecule has 3 nitrogen and oxygen atoms in total. The van der Waals surface area contributed by atoms with Crippen molar-refractivity contribution in [2.45, 2.75) is 32.4 Å². The van der Waals surface area contributed by atoms with E-state index in [0.29, 0.717) is 0 Å². The minimum absolute atomic E-state index is 0.0832. The maximum absolute atomic E-state index is 11.6. The molecule has 0 saturated heterocycles. The minimum Gasteiger partial charge on any atom is -0.480 e. The highest BCUT2D eigenvalue weighted by molar-refractivity contribution is 5.80. The lowest BCUT2D eigenvalue weighted by Gasteiger charge is -2.29. The van der Waals surface area contributed by atoms with Crippen molar-refractivity contribution in [1.29, 1.82) is 0 Å². The van der Waals surface area contributed by atoms with Crippen molar-refractivity contribution < 1.29 is 9.90 Å². The number of hydrogen-bond acceptors (Lipinski definition) is 2. The van der Waals surface area contributed by atoms with Gasteiger partial charge in [-0.15, -0.1) is 0 Å². The van der Waals surface area contributed by atoms with Crippen LogP contribution in [0.3, 0.4) is 0 Å². The predicted octanol–water partition coefficient (Wildman–Crippen LogP) is 3.65. The van der Waals surface area contributed by atoms with E-state index in [0.717, 1.165) is 16.7 Å². The summed E-state index contributed by atoms with van der Waals surface area (Å²) < 4.78 is 0. The number of aliphatic carboxylic acids is 1. The maximum Gasteiger partial charge on any atom is 0.328 e. The largest absolute Gasteiger partial charge is 0.480 e. The first-order chi connectivity index (χ1) is 9.93. The van der Waals surface area contributed by atoms with Crippen molar-refractivity contribution >= 4 is 5.97 Å². The lowest BCUT2D eigenvalue weighted by Crippen LogP contribution is -2.49. The SMILES string of the molecule is CC(C)NC(C)(C(=O)O)c1ccc(-c2ccccc2)cc1. The van der Waals surface area contributed by atoms with Gasteiger partial charge in [0.1, 0.15) is 5.54 Å². The third-order valence-electron chi connectivity index (χ3n) is 3.57. The molecular weight excluding hydrogens is 262 g/mol. The molecule has 110 valence electrons. The van der Waals surface area contributed by atoms with Crippen LogP contribution < -0.4 is 5.32 Å². The standard InChI is InChI=1S/C18H21NO2/c1-13(2)19-18(3,17(20)21)16-11-9-15(10-12-16)14-7-5-4-6-8-14/h4-13,19H,1-3H3,(H,20,21). The van der Waals surface area contributed by atoms with E-state index < -0.39 is 11.5 Å². The maximum atomic E-state index is 11.6. The Labute approximate surface area is 125 Å². The van der Waals surface area contributed by atoms with Crippen molar-refractivity contribution in [2.75, 3.05) is 0 Å². The average Bonchev–Trinajstić information content (AvgIpc) is 2.47. The molecule has 0 heterocycles. The highest BCUT2D eigenvalue weighted by Gasteiger charge is 2.35. The average molecular weight is 283 g/mol. The quantitative estimate of drug-likeness (QED) is 0.880. The van der Waals surface area contributed by atoms with Gasteiger partial charge in [-0.25, -0.2) is 4.79 Å². The van der Waals surface area contributed by atoms with Crippen molar-refractivity contribution in [3.05, 3.63) is 60.2 Å². The molecule has 0 bridgehead atoms. The van der Waals surface area contributed by atoms with Gasteiger partial charge in [-0.05, 0) is 37.5 Å². The van der Waals surface area contributed by atoms with Crippen molar-refractivity contribution in [3.63, 3.8) is 0 Å². The molecule has 1 atom stereocenters. The van der Waals surface area contributed by atoms with Crippen LogP contribution in [0.15, 0.2) is 54.6 Å². The normalized spacial score (nSPS) is 13.9. The molecule has 2 aromatic carbocycles. The number of nitrogens with one attached hydrogen (secondary N) is 1. The van der Waals surface area contributed by atoms with Crippen LogP contribution in [0.4, 0.5) is 0 Å². The number of rotatable bonds is 5.